The fraction of sp³-hybridized carbons (Fsp3) is 0.0714. The fourth-order valence-corrected chi connectivity index (χ4v) is 7.00. The largest absolute Gasteiger partial charge is 0.506 e. The van der Waals surface area contributed by atoms with Crippen LogP contribution in [0.25, 0.3) is 55.2 Å². The SMILES string of the molecule is COC(=O)c1ccccc1-c1c2ccc(=O)c(CNc3cccc4cccnc34)c-2oc2c(CNc3cccc4ccc(C(=O)O)nc34)c(O)c(Cl)cc12. The molecule has 2 aromatic heterocycles. The number of phenols is 1. The Bertz CT molecular complexity index is 2830. The monoisotopic (exact) mass is 736 g/mol. The number of hydrogen-bond acceptors (Lipinski definition) is 10. The van der Waals surface area contributed by atoms with Gasteiger partial charge in [0.25, 0.3) is 0 Å². The number of para-hydroxylation sites is 2. The Morgan fingerprint density at radius 2 is 1.52 bits per heavy atom. The van der Waals surface area contributed by atoms with Gasteiger partial charge in [-0.2, -0.15) is 0 Å². The first-order valence-electron chi connectivity index (χ1n) is 16.8. The zero-order valence-corrected chi connectivity index (χ0v) is 29.3. The summed E-state index contributed by atoms with van der Waals surface area (Å²) in [6, 6.07) is 29.5. The molecule has 6 aromatic rings. The Hall–Kier alpha value is -6.98. The molecule has 0 bridgehead atoms. The number of aromatic carboxylic acids is 1. The highest BCUT2D eigenvalue weighted by atomic mass is 35.5. The predicted octanol–water partition coefficient (Wildman–Crippen LogP) is 8.73. The minimum atomic E-state index is -1.17. The van der Waals surface area contributed by atoms with Gasteiger partial charge < -0.3 is 30.0 Å². The lowest BCUT2D eigenvalue weighted by atomic mass is 9.88. The van der Waals surface area contributed by atoms with Gasteiger partial charge in [-0.05, 0) is 54.1 Å². The number of anilines is 2. The van der Waals surface area contributed by atoms with Crippen molar-refractivity contribution in [3.8, 4) is 28.2 Å². The highest BCUT2D eigenvalue weighted by molar-refractivity contribution is 6.33. The van der Waals surface area contributed by atoms with Crippen molar-refractivity contribution in [1.29, 1.82) is 0 Å². The number of carboxylic acid groups (broad SMARTS) is 1. The molecule has 4 N–H and O–H groups in total. The average Bonchev–Trinajstić information content (AvgIpc) is 3.19. The van der Waals surface area contributed by atoms with Crippen molar-refractivity contribution in [2.75, 3.05) is 17.7 Å². The molecule has 0 saturated heterocycles. The Morgan fingerprint density at radius 1 is 0.815 bits per heavy atom. The summed E-state index contributed by atoms with van der Waals surface area (Å²) in [6.45, 7) is 0.0000993. The van der Waals surface area contributed by atoms with Crippen molar-refractivity contribution < 1.29 is 29.0 Å². The van der Waals surface area contributed by atoms with Gasteiger partial charge in [-0.3, -0.25) is 9.78 Å². The maximum atomic E-state index is 13.7. The number of halogens is 1. The molecule has 54 heavy (non-hydrogen) atoms. The molecule has 0 spiro atoms. The number of nitrogens with zero attached hydrogens (tertiary/aromatic N) is 2. The van der Waals surface area contributed by atoms with E-state index in [9.17, 15) is 24.6 Å². The molecule has 4 aromatic carbocycles. The van der Waals surface area contributed by atoms with E-state index in [2.05, 4.69) is 20.6 Å². The maximum Gasteiger partial charge on any atom is 0.354 e. The van der Waals surface area contributed by atoms with Gasteiger partial charge >= 0.3 is 11.9 Å². The third kappa shape index (κ3) is 5.96. The summed E-state index contributed by atoms with van der Waals surface area (Å²) in [6.07, 6.45) is 1.70. The predicted molar refractivity (Wildman–Crippen MR) is 208 cm³/mol. The smallest absolute Gasteiger partial charge is 0.354 e. The zero-order valence-electron chi connectivity index (χ0n) is 28.5. The first kappa shape index (κ1) is 34.1. The Morgan fingerprint density at radius 3 is 2.28 bits per heavy atom. The van der Waals surface area contributed by atoms with Gasteiger partial charge in [0, 0.05) is 46.6 Å². The van der Waals surface area contributed by atoms with Crippen molar-refractivity contribution in [3.63, 3.8) is 0 Å². The van der Waals surface area contributed by atoms with E-state index in [0.717, 1.165) is 10.9 Å². The van der Waals surface area contributed by atoms with Crippen LogP contribution in [0.15, 0.2) is 119 Å². The lowest BCUT2D eigenvalue weighted by Gasteiger charge is -2.22. The molecule has 11 nitrogen and oxygen atoms in total. The van der Waals surface area contributed by atoms with Crippen molar-refractivity contribution in [2.45, 2.75) is 13.1 Å². The topological polar surface area (TPSA) is 164 Å². The second kappa shape index (κ2) is 13.9. The number of ether oxygens (including phenoxy) is 1. The van der Waals surface area contributed by atoms with Gasteiger partial charge in [0.15, 0.2) is 5.43 Å². The van der Waals surface area contributed by atoms with Crippen LogP contribution in [0.4, 0.5) is 11.4 Å². The Kier molecular flexibility index (Phi) is 8.76. The minimum absolute atomic E-state index is 0.0145. The van der Waals surface area contributed by atoms with Crippen LogP contribution in [0.5, 0.6) is 5.75 Å². The molecule has 0 amide bonds. The second-order valence-electron chi connectivity index (χ2n) is 12.5. The molecule has 3 heterocycles. The maximum absolute atomic E-state index is 13.7. The lowest BCUT2D eigenvalue weighted by molar-refractivity contribution is 0.0600. The summed E-state index contributed by atoms with van der Waals surface area (Å²) in [5, 5.41) is 29.8. The third-order valence-electron chi connectivity index (χ3n) is 9.35. The molecular weight excluding hydrogens is 708 g/mol. The molecule has 0 unspecified atom stereocenters. The van der Waals surface area contributed by atoms with E-state index < -0.39 is 11.9 Å². The van der Waals surface area contributed by atoms with E-state index in [1.54, 1.807) is 60.8 Å². The fourth-order valence-electron chi connectivity index (χ4n) is 6.78. The van der Waals surface area contributed by atoms with Gasteiger partial charge in [0.2, 0.25) is 0 Å². The molecule has 266 valence electrons. The van der Waals surface area contributed by atoms with E-state index in [4.69, 9.17) is 20.8 Å². The highest BCUT2D eigenvalue weighted by Gasteiger charge is 2.28. The summed E-state index contributed by atoms with van der Waals surface area (Å²) in [7, 11) is 1.30. The number of nitrogens with one attached hydrogen (secondary N) is 2. The molecule has 0 saturated carbocycles. The van der Waals surface area contributed by atoms with Crippen molar-refractivity contribution in [3.05, 3.63) is 147 Å². The van der Waals surface area contributed by atoms with Crippen LogP contribution in [-0.4, -0.2) is 39.2 Å². The van der Waals surface area contributed by atoms with Gasteiger partial charge in [0.1, 0.15) is 22.8 Å². The number of carbonyl (C=O) groups excluding carboxylic acids is 1. The number of benzene rings is 5. The van der Waals surface area contributed by atoms with E-state index in [1.807, 2.05) is 36.4 Å². The molecule has 0 atom stereocenters. The van der Waals surface area contributed by atoms with Crippen molar-refractivity contribution >= 4 is 67.7 Å². The van der Waals surface area contributed by atoms with Crippen LogP contribution in [-0.2, 0) is 17.8 Å². The van der Waals surface area contributed by atoms with Gasteiger partial charge in [-0.15, -0.1) is 0 Å². The Labute approximate surface area is 311 Å². The number of carbonyl (C=O) groups is 2. The molecular formula is C42H29ClN4O7. The first-order chi connectivity index (χ1) is 26.2. The summed E-state index contributed by atoms with van der Waals surface area (Å²) in [5.74, 6) is -1.79. The third-order valence-corrected chi connectivity index (χ3v) is 9.64. The zero-order chi connectivity index (χ0) is 37.5. The summed E-state index contributed by atoms with van der Waals surface area (Å²) in [5.41, 5.74) is 4.47. The van der Waals surface area contributed by atoms with Crippen molar-refractivity contribution in [2.24, 2.45) is 0 Å². The number of carboxylic acids is 1. The molecule has 1 aliphatic carbocycles. The van der Waals surface area contributed by atoms with Gasteiger partial charge in [-0.25, -0.2) is 14.6 Å². The quantitative estimate of drug-likeness (QED) is 0.0827. The standard InChI is InChI=1S/C42H29ClN4O7/c1-53-42(52)25-11-3-2-10-24(25)35-26-15-17-34(48)28(20-45-31-12-4-7-22-9-6-18-44-36(22)31)39(26)54-40-27(35)19-30(43)38(49)29(40)21-46-32-13-5-8-23-14-16-33(41(50)51)47-37(23)32/h2-19,45-46,49H,20-21H2,1H3,(H,50,51). The van der Waals surface area contributed by atoms with Gasteiger partial charge in [0.05, 0.1) is 51.2 Å². The van der Waals surface area contributed by atoms with Gasteiger partial charge in [-0.1, -0.05) is 66.2 Å². The van der Waals surface area contributed by atoms with E-state index in [1.165, 1.54) is 19.2 Å². The van der Waals surface area contributed by atoms with Crippen LogP contribution in [0.3, 0.4) is 0 Å². The summed E-state index contributed by atoms with van der Waals surface area (Å²) >= 11 is 6.73. The van der Waals surface area contributed by atoms with Crippen LogP contribution < -0.4 is 16.1 Å². The number of phenolic OH excluding ortho intramolecular Hbond substituents is 1. The first-order valence-corrected chi connectivity index (χ1v) is 17.2. The number of pyridine rings is 2. The van der Waals surface area contributed by atoms with E-state index in [0.29, 0.717) is 49.9 Å². The molecule has 1 aliphatic heterocycles. The van der Waals surface area contributed by atoms with Crippen molar-refractivity contribution in [1.82, 2.24) is 9.97 Å². The van der Waals surface area contributed by atoms with Crippen LogP contribution in [0, 0.1) is 0 Å². The van der Waals surface area contributed by atoms with Crippen LogP contribution >= 0.6 is 11.6 Å². The van der Waals surface area contributed by atoms with Crippen LogP contribution in [0.1, 0.15) is 32.0 Å². The second-order valence-corrected chi connectivity index (χ2v) is 12.9. The normalized spacial score (nSPS) is 11.3. The Balaban J connectivity index is 1.35. The highest BCUT2D eigenvalue weighted by Crippen LogP contribution is 2.47. The molecule has 2 aliphatic rings. The molecule has 0 radical (unpaired) electrons. The number of methoxy groups -OCH3 is 1. The molecule has 12 heteroatoms. The number of hydrogen-bond donors (Lipinski definition) is 4. The molecule has 0 fully saturated rings. The number of aromatic nitrogens is 2. The average molecular weight is 737 g/mol. The van der Waals surface area contributed by atoms with Crippen LogP contribution in [0.2, 0.25) is 5.02 Å². The number of rotatable bonds is 9. The minimum Gasteiger partial charge on any atom is -0.506 e. The molecule has 8 rings (SSSR count). The summed E-state index contributed by atoms with van der Waals surface area (Å²) in [4.78, 5) is 47.5. The number of fused-ring (bicyclic) bond motifs is 4. The number of esters is 1. The lowest BCUT2D eigenvalue weighted by Crippen LogP contribution is -2.15. The van der Waals surface area contributed by atoms with E-state index in [-0.39, 0.29) is 57.5 Å². The van der Waals surface area contributed by atoms with E-state index >= 15 is 0 Å². The number of aromatic hydroxyl groups is 1. The summed E-state index contributed by atoms with van der Waals surface area (Å²) < 4.78 is 11.8.